The number of hydrogen-bond donors (Lipinski definition) is 1. The summed E-state index contributed by atoms with van der Waals surface area (Å²) in [5, 5.41) is 16.3. The second-order valence-corrected chi connectivity index (χ2v) is 1.72. The van der Waals surface area contributed by atoms with E-state index in [1.165, 1.54) is 14.0 Å². The van der Waals surface area contributed by atoms with Gasteiger partial charge in [-0.1, -0.05) is 5.22 Å². The Kier molecular flexibility index (Phi) is 4.39. The number of rotatable bonds is 3. The van der Waals surface area contributed by atoms with Gasteiger partial charge in [-0.05, 0) is 0 Å². The van der Waals surface area contributed by atoms with Gasteiger partial charge in [0.25, 0.3) is 0 Å². The SMILES string of the molecule is CC(=O)N(C)/N=N/CCO. The number of nitrogens with zero attached hydrogens (tertiary/aromatic N) is 3. The Hall–Kier alpha value is -0.970. The molecule has 0 aliphatic carbocycles. The maximum absolute atomic E-state index is 10.4. The van der Waals surface area contributed by atoms with Gasteiger partial charge in [0.1, 0.15) is 0 Å². The van der Waals surface area contributed by atoms with E-state index in [0.29, 0.717) is 0 Å². The maximum atomic E-state index is 10.4. The van der Waals surface area contributed by atoms with Crippen molar-refractivity contribution >= 4 is 5.91 Å². The Labute approximate surface area is 59.3 Å². The highest BCUT2D eigenvalue weighted by atomic mass is 16.3. The van der Waals surface area contributed by atoms with E-state index in [-0.39, 0.29) is 19.1 Å². The van der Waals surface area contributed by atoms with Crippen molar-refractivity contribution < 1.29 is 9.90 Å². The summed E-state index contributed by atoms with van der Waals surface area (Å²) in [6.45, 7) is 1.57. The molecule has 0 saturated carbocycles. The van der Waals surface area contributed by atoms with Crippen molar-refractivity contribution in [2.24, 2.45) is 10.3 Å². The van der Waals surface area contributed by atoms with Gasteiger partial charge in [-0.15, -0.1) is 0 Å². The summed E-state index contributed by atoms with van der Waals surface area (Å²) < 4.78 is 0. The number of amides is 1. The van der Waals surface area contributed by atoms with Crippen LogP contribution in [0.1, 0.15) is 6.92 Å². The van der Waals surface area contributed by atoms with E-state index in [4.69, 9.17) is 5.11 Å². The van der Waals surface area contributed by atoms with Crippen LogP contribution in [0.25, 0.3) is 0 Å². The van der Waals surface area contributed by atoms with Crippen molar-refractivity contribution in [2.75, 3.05) is 20.2 Å². The van der Waals surface area contributed by atoms with Gasteiger partial charge in [0.2, 0.25) is 5.91 Å². The van der Waals surface area contributed by atoms with Crippen molar-refractivity contribution in [1.82, 2.24) is 5.01 Å². The molecule has 5 nitrogen and oxygen atoms in total. The Balaban J connectivity index is 3.55. The van der Waals surface area contributed by atoms with E-state index in [2.05, 4.69) is 10.3 Å². The molecule has 0 saturated heterocycles. The van der Waals surface area contributed by atoms with Crippen LogP contribution in [0.3, 0.4) is 0 Å². The van der Waals surface area contributed by atoms with E-state index in [0.717, 1.165) is 5.01 Å². The standard InChI is InChI=1S/C5H11N3O2/c1-5(10)8(2)7-6-3-4-9/h9H,3-4H2,1-2H3/b7-6+. The molecule has 0 spiro atoms. The van der Waals surface area contributed by atoms with Crippen LogP contribution in [0.2, 0.25) is 0 Å². The molecular formula is C5H11N3O2. The first-order valence-corrected chi connectivity index (χ1v) is 2.91. The van der Waals surface area contributed by atoms with Crippen molar-refractivity contribution in [3.8, 4) is 0 Å². The Morgan fingerprint density at radius 3 is 2.70 bits per heavy atom. The van der Waals surface area contributed by atoms with Crippen LogP contribution in [-0.2, 0) is 4.79 Å². The molecular weight excluding hydrogens is 134 g/mol. The quantitative estimate of drug-likeness (QED) is 0.442. The molecule has 5 heteroatoms. The fraction of sp³-hybridized carbons (Fsp3) is 0.800. The van der Waals surface area contributed by atoms with Crippen molar-refractivity contribution in [2.45, 2.75) is 6.92 Å². The number of hydrogen-bond acceptors (Lipinski definition) is 4. The first-order chi connectivity index (χ1) is 4.68. The molecule has 0 aliphatic heterocycles. The monoisotopic (exact) mass is 145 g/mol. The molecule has 10 heavy (non-hydrogen) atoms. The van der Waals surface area contributed by atoms with Gasteiger partial charge in [-0.3, -0.25) is 4.79 Å². The summed E-state index contributed by atoms with van der Waals surface area (Å²) in [5.74, 6) is -0.179. The van der Waals surface area contributed by atoms with Crippen molar-refractivity contribution in [1.29, 1.82) is 0 Å². The molecule has 0 radical (unpaired) electrons. The highest BCUT2D eigenvalue weighted by Gasteiger charge is 1.95. The first-order valence-electron chi connectivity index (χ1n) is 2.91. The largest absolute Gasteiger partial charge is 0.394 e. The zero-order valence-corrected chi connectivity index (χ0v) is 6.11. The van der Waals surface area contributed by atoms with Crippen molar-refractivity contribution in [3.05, 3.63) is 0 Å². The molecule has 0 aromatic rings. The Morgan fingerprint density at radius 2 is 2.30 bits per heavy atom. The minimum Gasteiger partial charge on any atom is -0.394 e. The Bertz CT molecular complexity index is 135. The fourth-order valence-electron chi connectivity index (χ4n) is 0.247. The van der Waals surface area contributed by atoms with E-state index in [9.17, 15) is 4.79 Å². The molecule has 0 atom stereocenters. The summed E-state index contributed by atoms with van der Waals surface area (Å²) in [5.41, 5.74) is 0. The lowest BCUT2D eigenvalue weighted by Gasteiger charge is -2.03. The average molecular weight is 145 g/mol. The number of carbonyl (C=O) groups is 1. The highest BCUT2D eigenvalue weighted by Crippen LogP contribution is 1.85. The van der Waals surface area contributed by atoms with E-state index in [1.807, 2.05) is 0 Å². The third-order valence-corrected chi connectivity index (χ3v) is 0.853. The summed E-state index contributed by atoms with van der Waals surface area (Å²) in [4.78, 5) is 10.4. The van der Waals surface area contributed by atoms with Gasteiger partial charge < -0.3 is 5.11 Å². The molecule has 0 bridgehead atoms. The molecule has 0 rings (SSSR count). The van der Waals surface area contributed by atoms with Crippen LogP contribution in [-0.4, -0.2) is 36.2 Å². The number of aliphatic hydroxyl groups excluding tert-OH is 1. The molecule has 0 fully saturated rings. The zero-order chi connectivity index (χ0) is 7.98. The van der Waals surface area contributed by atoms with E-state index < -0.39 is 0 Å². The molecule has 0 aromatic heterocycles. The third kappa shape index (κ3) is 3.96. The second kappa shape index (κ2) is 4.87. The lowest BCUT2D eigenvalue weighted by Crippen LogP contribution is -2.16. The first kappa shape index (κ1) is 9.03. The minimum atomic E-state index is -0.179. The van der Waals surface area contributed by atoms with Crippen LogP contribution in [0.4, 0.5) is 0 Å². The number of carbonyl (C=O) groups excluding carboxylic acids is 1. The van der Waals surface area contributed by atoms with Crippen molar-refractivity contribution in [3.63, 3.8) is 0 Å². The Morgan fingerprint density at radius 1 is 1.70 bits per heavy atom. The average Bonchev–Trinajstić information content (AvgIpc) is 1.88. The molecule has 58 valence electrons. The molecule has 0 aliphatic rings. The highest BCUT2D eigenvalue weighted by molar-refractivity contribution is 5.72. The predicted molar refractivity (Wildman–Crippen MR) is 35.3 cm³/mol. The van der Waals surface area contributed by atoms with E-state index in [1.54, 1.807) is 0 Å². The maximum Gasteiger partial charge on any atom is 0.240 e. The molecule has 0 aromatic carbocycles. The summed E-state index contributed by atoms with van der Waals surface area (Å²) in [6, 6.07) is 0. The molecule has 1 amide bonds. The summed E-state index contributed by atoms with van der Waals surface area (Å²) in [7, 11) is 1.50. The van der Waals surface area contributed by atoms with Gasteiger partial charge in [0.15, 0.2) is 0 Å². The van der Waals surface area contributed by atoms with Gasteiger partial charge in [0, 0.05) is 14.0 Å². The zero-order valence-electron chi connectivity index (χ0n) is 6.11. The summed E-state index contributed by atoms with van der Waals surface area (Å²) >= 11 is 0. The fourth-order valence-corrected chi connectivity index (χ4v) is 0.247. The number of aliphatic hydroxyl groups is 1. The lowest BCUT2D eigenvalue weighted by molar-refractivity contribution is -0.128. The van der Waals surface area contributed by atoms with Crippen LogP contribution in [0.15, 0.2) is 10.3 Å². The van der Waals surface area contributed by atoms with Gasteiger partial charge in [-0.2, -0.15) is 5.11 Å². The predicted octanol–water partition coefficient (Wildman–Crippen LogP) is -0.176. The van der Waals surface area contributed by atoms with Crippen LogP contribution >= 0.6 is 0 Å². The minimum absolute atomic E-state index is 0.0464. The smallest absolute Gasteiger partial charge is 0.240 e. The lowest BCUT2D eigenvalue weighted by atomic mass is 10.7. The van der Waals surface area contributed by atoms with Crippen LogP contribution in [0, 0.1) is 0 Å². The third-order valence-electron chi connectivity index (χ3n) is 0.853. The second-order valence-electron chi connectivity index (χ2n) is 1.72. The van der Waals surface area contributed by atoms with Crippen LogP contribution in [0.5, 0.6) is 0 Å². The topological polar surface area (TPSA) is 65.3 Å². The van der Waals surface area contributed by atoms with Gasteiger partial charge in [-0.25, -0.2) is 5.01 Å². The molecule has 0 heterocycles. The summed E-state index contributed by atoms with van der Waals surface area (Å²) in [6.07, 6.45) is 0. The normalized spacial score (nSPS) is 10.3. The van der Waals surface area contributed by atoms with Crippen LogP contribution < -0.4 is 0 Å². The molecule has 0 unspecified atom stereocenters. The molecule has 1 N–H and O–H groups in total. The van der Waals surface area contributed by atoms with Gasteiger partial charge in [0.05, 0.1) is 13.2 Å². The van der Waals surface area contributed by atoms with Gasteiger partial charge >= 0.3 is 0 Å². The van der Waals surface area contributed by atoms with E-state index >= 15 is 0 Å².